The van der Waals surface area contributed by atoms with Crippen molar-refractivity contribution in [3.63, 3.8) is 0 Å². The van der Waals surface area contributed by atoms with E-state index < -0.39 is 0 Å². The van der Waals surface area contributed by atoms with Crippen LogP contribution in [0.5, 0.6) is 0 Å². The molecule has 5 heteroatoms. The molecule has 1 saturated heterocycles. The first-order chi connectivity index (χ1) is 14.5. The molecule has 0 saturated carbocycles. The Bertz CT molecular complexity index is 986. The predicted octanol–water partition coefficient (Wildman–Crippen LogP) is 3.62. The van der Waals surface area contributed by atoms with Gasteiger partial charge in [-0.3, -0.25) is 14.5 Å². The number of imide groups is 1. The number of piperazine rings is 1. The summed E-state index contributed by atoms with van der Waals surface area (Å²) in [6.45, 7) is 9.66. The van der Waals surface area contributed by atoms with Crippen molar-refractivity contribution < 1.29 is 9.59 Å². The fourth-order valence-corrected chi connectivity index (χ4v) is 4.28. The number of amides is 2. The number of aryl methyl sites for hydroxylation is 2. The molecule has 2 aromatic carbocycles. The van der Waals surface area contributed by atoms with Crippen LogP contribution in [0.3, 0.4) is 0 Å². The molecule has 5 nitrogen and oxygen atoms in total. The Morgan fingerprint density at radius 2 is 1.47 bits per heavy atom. The number of anilines is 1. The van der Waals surface area contributed by atoms with Crippen molar-refractivity contribution in [3.8, 4) is 0 Å². The summed E-state index contributed by atoms with van der Waals surface area (Å²) < 4.78 is 0. The molecule has 2 aromatic rings. The molecule has 0 spiro atoms. The van der Waals surface area contributed by atoms with Crippen LogP contribution in [-0.2, 0) is 9.59 Å². The molecule has 4 rings (SSSR count). The largest absolute Gasteiger partial charge is 0.368 e. The third-order valence-electron chi connectivity index (χ3n) is 5.89. The second kappa shape index (κ2) is 8.34. The number of carbonyl (C=O) groups excluding carboxylic acids is 2. The van der Waals surface area contributed by atoms with Crippen LogP contribution in [0.2, 0.25) is 0 Å². The van der Waals surface area contributed by atoms with E-state index >= 15 is 0 Å². The van der Waals surface area contributed by atoms with E-state index in [9.17, 15) is 9.59 Å². The van der Waals surface area contributed by atoms with Crippen LogP contribution in [0.1, 0.15) is 30.0 Å². The first-order valence-corrected chi connectivity index (χ1v) is 10.7. The van der Waals surface area contributed by atoms with Crippen LogP contribution >= 0.6 is 0 Å². The molecule has 0 atom stereocenters. The monoisotopic (exact) mass is 403 g/mol. The van der Waals surface area contributed by atoms with E-state index in [2.05, 4.69) is 41.0 Å². The molecule has 0 unspecified atom stereocenters. The molecule has 1 fully saturated rings. The molecule has 2 aliphatic heterocycles. The highest BCUT2D eigenvalue weighted by molar-refractivity contribution is 6.35. The molecule has 2 amide bonds. The second-order valence-electron chi connectivity index (χ2n) is 8.16. The molecule has 30 heavy (non-hydrogen) atoms. The number of carbonyl (C=O) groups is 2. The van der Waals surface area contributed by atoms with E-state index in [4.69, 9.17) is 0 Å². The summed E-state index contributed by atoms with van der Waals surface area (Å²) in [7, 11) is 0. The van der Waals surface area contributed by atoms with Gasteiger partial charge in [0.2, 0.25) is 0 Å². The SMILES string of the molecule is CCCN1C(=O)C(c2ccc(C)cc2)=C(N2CCN(c3cccc(C)c3)CC2)C1=O. The minimum Gasteiger partial charge on any atom is -0.368 e. The molecule has 2 heterocycles. The Hall–Kier alpha value is -3.08. The zero-order chi connectivity index (χ0) is 21.3. The summed E-state index contributed by atoms with van der Waals surface area (Å²) in [5.74, 6) is -0.316. The highest BCUT2D eigenvalue weighted by Crippen LogP contribution is 2.33. The Morgan fingerprint density at radius 1 is 0.800 bits per heavy atom. The van der Waals surface area contributed by atoms with E-state index in [1.54, 1.807) is 0 Å². The lowest BCUT2D eigenvalue weighted by molar-refractivity contribution is -0.137. The van der Waals surface area contributed by atoms with Crippen LogP contribution in [-0.4, -0.2) is 54.3 Å². The Labute approximate surface area is 178 Å². The van der Waals surface area contributed by atoms with Gasteiger partial charge in [0.1, 0.15) is 5.70 Å². The molecule has 0 aromatic heterocycles. The van der Waals surface area contributed by atoms with Crippen molar-refractivity contribution in [1.29, 1.82) is 0 Å². The Balaban J connectivity index is 1.63. The van der Waals surface area contributed by atoms with Gasteiger partial charge in [0.05, 0.1) is 5.57 Å². The molecule has 0 N–H and O–H groups in total. The van der Waals surface area contributed by atoms with Crippen LogP contribution in [0.25, 0.3) is 5.57 Å². The molecule has 0 aliphatic carbocycles. The van der Waals surface area contributed by atoms with Gasteiger partial charge in [-0.2, -0.15) is 0 Å². The maximum atomic E-state index is 13.2. The molecule has 2 aliphatic rings. The molecule has 0 bridgehead atoms. The van der Waals surface area contributed by atoms with Crippen molar-refractivity contribution >= 4 is 23.1 Å². The van der Waals surface area contributed by atoms with Gasteiger partial charge in [0.25, 0.3) is 11.8 Å². The van der Waals surface area contributed by atoms with Crippen LogP contribution < -0.4 is 4.90 Å². The topological polar surface area (TPSA) is 43.9 Å². The van der Waals surface area contributed by atoms with E-state index in [1.165, 1.54) is 16.2 Å². The lowest BCUT2D eigenvalue weighted by Crippen LogP contribution is -2.47. The Kier molecular flexibility index (Phi) is 5.62. The van der Waals surface area contributed by atoms with Gasteiger partial charge in [0.15, 0.2) is 0 Å². The van der Waals surface area contributed by atoms with Crippen LogP contribution in [0.4, 0.5) is 5.69 Å². The lowest BCUT2D eigenvalue weighted by atomic mass is 10.0. The average molecular weight is 404 g/mol. The zero-order valence-corrected chi connectivity index (χ0v) is 18.0. The maximum absolute atomic E-state index is 13.2. The van der Waals surface area contributed by atoms with Gasteiger partial charge in [-0.25, -0.2) is 0 Å². The molecular weight excluding hydrogens is 374 g/mol. The summed E-state index contributed by atoms with van der Waals surface area (Å²) in [6, 6.07) is 16.4. The fourth-order valence-electron chi connectivity index (χ4n) is 4.28. The normalized spacial score (nSPS) is 17.4. The minimum absolute atomic E-state index is 0.151. The quantitative estimate of drug-likeness (QED) is 0.716. The fraction of sp³-hybridized carbons (Fsp3) is 0.360. The number of nitrogens with zero attached hydrogens (tertiary/aromatic N) is 3. The van der Waals surface area contributed by atoms with E-state index in [0.29, 0.717) is 17.8 Å². The van der Waals surface area contributed by atoms with Crippen molar-refractivity contribution in [2.24, 2.45) is 0 Å². The van der Waals surface area contributed by atoms with Crippen molar-refractivity contribution in [3.05, 3.63) is 70.9 Å². The summed E-state index contributed by atoms with van der Waals surface area (Å²) in [5.41, 5.74) is 5.54. The van der Waals surface area contributed by atoms with Crippen LogP contribution in [0, 0.1) is 13.8 Å². The van der Waals surface area contributed by atoms with Crippen molar-refractivity contribution in [2.75, 3.05) is 37.6 Å². The van der Waals surface area contributed by atoms with Crippen molar-refractivity contribution in [1.82, 2.24) is 9.80 Å². The molecule has 0 radical (unpaired) electrons. The predicted molar refractivity (Wildman–Crippen MR) is 120 cm³/mol. The third-order valence-corrected chi connectivity index (χ3v) is 5.89. The highest BCUT2D eigenvalue weighted by Gasteiger charge is 2.41. The number of rotatable bonds is 5. The average Bonchev–Trinajstić information content (AvgIpc) is 2.99. The number of hydrogen-bond acceptors (Lipinski definition) is 4. The van der Waals surface area contributed by atoms with E-state index in [1.807, 2.05) is 38.1 Å². The van der Waals surface area contributed by atoms with Gasteiger partial charge >= 0.3 is 0 Å². The third kappa shape index (κ3) is 3.72. The number of benzene rings is 2. The van der Waals surface area contributed by atoms with E-state index in [-0.39, 0.29) is 11.8 Å². The summed E-state index contributed by atoms with van der Waals surface area (Å²) in [4.78, 5) is 32.3. The standard InChI is InChI=1S/C25H29N3O2/c1-4-12-28-24(29)22(20-10-8-18(2)9-11-20)23(25(28)30)27-15-13-26(14-16-27)21-7-5-6-19(3)17-21/h5-11,17H,4,12-16H2,1-3H3. The Morgan fingerprint density at radius 3 is 2.10 bits per heavy atom. The van der Waals surface area contributed by atoms with Gasteiger partial charge < -0.3 is 9.80 Å². The minimum atomic E-state index is -0.165. The summed E-state index contributed by atoms with van der Waals surface area (Å²) in [6.07, 6.45) is 0.757. The maximum Gasteiger partial charge on any atom is 0.277 e. The van der Waals surface area contributed by atoms with Gasteiger partial charge in [-0.05, 0) is 43.5 Å². The van der Waals surface area contributed by atoms with Crippen LogP contribution in [0.15, 0.2) is 54.2 Å². The molecular formula is C25H29N3O2. The first-order valence-electron chi connectivity index (χ1n) is 10.7. The lowest BCUT2D eigenvalue weighted by Gasteiger charge is -2.37. The van der Waals surface area contributed by atoms with Gasteiger partial charge in [-0.1, -0.05) is 48.9 Å². The number of hydrogen-bond donors (Lipinski definition) is 0. The molecule has 156 valence electrons. The van der Waals surface area contributed by atoms with Crippen molar-refractivity contribution in [2.45, 2.75) is 27.2 Å². The van der Waals surface area contributed by atoms with Gasteiger partial charge in [0, 0.05) is 38.4 Å². The summed E-state index contributed by atoms with van der Waals surface area (Å²) in [5, 5.41) is 0. The van der Waals surface area contributed by atoms with Gasteiger partial charge in [-0.15, -0.1) is 0 Å². The first kappa shape index (κ1) is 20.2. The van der Waals surface area contributed by atoms with E-state index in [0.717, 1.165) is 43.7 Å². The highest BCUT2D eigenvalue weighted by atomic mass is 16.2. The smallest absolute Gasteiger partial charge is 0.277 e. The second-order valence-corrected chi connectivity index (χ2v) is 8.16. The zero-order valence-electron chi connectivity index (χ0n) is 18.0. The summed E-state index contributed by atoms with van der Waals surface area (Å²) >= 11 is 0.